The van der Waals surface area contributed by atoms with Gasteiger partial charge in [0.25, 0.3) is 5.66 Å². The first kappa shape index (κ1) is 26.7. The first-order chi connectivity index (χ1) is 17.1. The first-order valence-electron chi connectivity index (χ1n) is 11.7. The third-order valence-corrected chi connectivity index (χ3v) is 7.34. The molecule has 194 valence electrons. The largest absolute Gasteiger partial charge is 0.494 e. The van der Waals surface area contributed by atoms with E-state index in [1.165, 1.54) is 0 Å². The second-order valence-corrected chi connectivity index (χ2v) is 10.2. The van der Waals surface area contributed by atoms with Crippen LogP contribution in [-0.2, 0) is 4.79 Å². The Hall–Kier alpha value is -2.37. The van der Waals surface area contributed by atoms with E-state index in [0.29, 0.717) is 43.0 Å². The van der Waals surface area contributed by atoms with E-state index in [9.17, 15) is 18.0 Å². The van der Waals surface area contributed by atoms with Crippen LogP contribution in [0.4, 0.5) is 24.5 Å². The highest BCUT2D eigenvalue weighted by atomic mass is 31.0. The third-order valence-electron chi connectivity index (χ3n) is 6.85. The molecule has 1 aliphatic carbocycles. The lowest BCUT2D eigenvalue weighted by Gasteiger charge is -2.42. The number of likely N-dealkylation sites (tertiary alicyclic amines) is 1. The van der Waals surface area contributed by atoms with Gasteiger partial charge in [0.05, 0.1) is 19.2 Å². The lowest BCUT2D eigenvalue weighted by molar-refractivity contribution is -0.136. The van der Waals surface area contributed by atoms with Gasteiger partial charge in [-0.2, -0.15) is 13.2 Å². The molecule has 0 saturated carbocycles. The molecule has 1 saturated heterocycles. The van der Waals surface area contributed by atoms with Crippen LogP contribution < -0.4 is 14.4 Å². The number of nitrogens with zero attached hydrogens (tertiary/aromatic N) is 3. The van der Waals surface area contributed by atoms with Crippen LogP contribution in [0.5, 0.6) is 11.5 Å². The summed E-state index contributed by atoms with van der Waals surface area (Å²) in [5, 5.41) is 0. The Balaban J connectivity index is 1.52. The minimum absolute atomic E-state index is 0.0274. The van der Waals surface area contributed by atoms with Crippen molar-refractivity contribution in [1.82, 2.24) is 9.88 Å². The summed E-state index contributed by atoms with van der Waals surface area (Å²) < 4.78 is 51.2. The number of rotatable bonds is 8. The number of allylic oxidation sites excluding steroid dienone is 1. The molecule has 4 rings (SSSR count). The number of piperidine rings is 1. The van der Waals surface area contributed by atoms with Gasteiger partial charge in [0.1, 0.15) is 17.2 Å². The fourth-order valence-corrected chi connectivity index (χ4v) is 5.43. The lowest BCUT2D eigenvalue weighted by Crippen LogP contribution is -2.49. The maximum Gasteiger partial charge on any atom is 0.280 e. The van der Waals surface area contributed by atoms with Crippen LogP contribution in [0.2, 0.25) is 0 Å². The summed E-state index contributed by atoms with van der Waals surface area (Å²) in [6.45, 7) is 2.64. The maximum absolute atomic E-state index is 13.6. The molecule has 2 heterocycles. The molecule has 1 aromatic carbocycles. The molecule has 1 amide bonds. The van der Waals surface area contributed by atoms with E-state index < -0.39 is 17.7 Å². The molecule has 36 heavy (non-hydrogen) atoms. The number of aromatic nitrogens is 1. The van der Waals surface area contributed by atoms with Crippen molar-refractivity contribution in [3.8, 4) is 11.5 Å². The zero-order valence-corrected chi connectivity index (χ0v) is 22.5. The van der Waals surface area contributed by atoms with Crippen LogP contribution in [0.3, 0.4) is 0 Å². The molecule has 11 heteroatoms. The number of methoxy groups -OCH3 is 1. The smallest absolute Gasteiger partial charge is 0.280 e. The number of amides is 1. The highest BCUT2D eigenvalue weighted by Gasteiger charge is 2.44. The summed E-state index contributed by atoms with van der Waals surface area (Å²) in [5.74, 6) is 0.494. The molecule has 2 aliphatic rings. The van der Waals surface area contributed by atoms with Gasteiger partial charge in [-0.25, -0.2) is 0 Å². The predicted octanol–water partition coefficient (Wildman–Crippen LogP) is 5.53. The molecular formula is C25H30F3N3O3P2. The first-order valence-corrected chi connectivity index (χ1v) is 12.9. The molecule has 0 spiro atoms. The van der Waals surface area contributed by atoms with Crippen molar-refractivity contribution in [2.75, 3.05) is 25.1 Å². The number of halogens is 3. The molecule has 1 aromatic heterocycles. The van der Waals surface area contributed by atoms with Crippen molar-refractivity contribution in [1.29, 1.82) is 0 Å². The van der Waals surface area contributed by atoms with Crippen LogP contribution in [-0.4, -0.2) is 53.8 Å². The van der Waals surface area contributed by atoms with Crippen LogP contribution in [0.25, 0.3) is 0 Å². The number of carbonyl (C=O) groups is 1. The van der Waals surface area contributed by atoms with E-state index in [4.69, 9.17) is 9.47 Å². The summed E-state index contributed by atoms with van der Waals surface area (Å²) in [5.41, 5.74) is -0.810. The van der Waals surface area contributed by atoms with Gasteiger partial charge in [0.15, 0.2) is 0 Å². The molecule has 0 bridgehead atoms. The molecule has 4 unspecified atom stereocenters. The van der Waals surface area contributed by atoms with Crippen molar-refractivity contribution in [2.45, 2.75) is 44.0 Å². The van der Waals surface area contributed by atoms with E-state index in [1.807, 2.05) is 21.4 Å². The highest BCUT2D eigenvalue weighted by Crippen LogP contribution is 2.47. The number of pyridine rings is 1. The van der Waals surface area contributed by atoms with Crippen molar-refractivity contribution in [2.24, 2.45) is 5.92 Å². The molecule has 1 fully saturated rings. The highest BCUT2D eigenvalue weighted by molar-refractivity contribution is 7.18. The minimum atomic E-state index is -2.96. The Morgan fingerprint density at radius 2 is 1.89 bits per heavy atom. The van der Waals surface area contributed by atoms with Gasteiger partial charge in [0.2, 0.25) is 12.0 Å². The molecule has 0 N–H and O–H groups in total. The average Bonchev–Trinajstić information content (AvgIpc) is 2.84. The fourth-order valence-electron chi connectivity index (χ4n) is 4.92. The number of carbonyl (C=O) groups excluding carboxylic acids is 1. The summed E-state index contributed by atoms with van der Waals surface area (Å²) >= 11 is 0. The number of hydrogen-bond acceptors (Lipinski definition) is 5. The van der Waals surface area contributed by atoms with Crippen LogP contribution >= 0.6 is 18.5 Å². The minimum Gasteiger partial charge on any atom is -0.494 e. The number of anilines is 2. The topological polar surface area (TPSA) is 54.9 Å². The average molecular weight is 539 g/mol. The second-order valence-electron chi connectivity index (χ2n) is 8.98. The Morgan fingerprint density at radius 1 is 1.22 bits per heavy atom. The van der Waals surface area contributed by atoms with Crippen molar-refractivity contribution in [3.63, 3.8) is 0 Å². The quantitative estimate of drug-likeness (QED) is 0.326. The monoisotopic (exact) mass is 539 g/mol. The van der Waals surface area contributed by atoms with Gasteiger partial charge in [-0.05, 0) is 50.5 Å². The van der Waals surface area contributed by atoms with Crippen LogP contribution in [0.15, 0.2) is 53.9 Å². The van der Waals surface area contributed by atoms with E-state index >= 15 is 0 Å². The molecule has 0 radical (unpaired) electrons. The third kappa shape index (κ3) is 5.63. The number of benzene rings is 1. The zero-order valence-electron chi connectivity index (χ0n) is 20.2. The summed E-state index contributed by atoms with van der Waals surface area (Å²) in [6, 6.07) is 8.90. The fraction of sp³-hybridized carbons (Fsp3) is 0.440. The van der Waals surface area contributed by atoms with Gasteiger partial charge in [0, 0.05) is 42.7 Å². The van der Waals surface area contributed by atoms with Gasteiger partial charge < -0.3 is 19.3 Å². The van der Waals surface area contributed by atoms with E-state index in [2.05, 4.69) is 9.88 Å². The SMILES string of the molecule is COc1ccncc1N(c1ccc(OC(F)P)cc1)C1CCN(C(=O)C2CC(C(F)(F)P)=C2C)CC1. The molecular weight excluding hydrogens is 509 g/mol. The van der Waals surface area contributed by atoms with Gasteiger partial charge in [-0.15, -0.1) is 0 Å². The maximum atomic E-state index is 13.6. The van der Waals surface area contributed by atoms with Gasteiger partial charge in [-0.1, -0.05) is 24.1 Å². The summed E-state index contributed by atoms with van der Waals surface area (Å²) in [6.07, 6.45) is 3.32. The molecule has 4 atom stereocenters. The second kappa shape index (κ2) is 10.9. The Kier molecular flexibility index (Phi) is 8.11. The van der Waals surface area contributed by atoms with Crippen LogP contribution in [0.1, 0.15) is 26.2 Å². The van der Waals surface area contributed by atoms with E-state index in [0.717, 1.165) is 11.4 Å². The number of ether oxygens (including phenoxy) is 2. The summed E-state index contributed by atoms with van der Waals surface area (Å²) in [7, 11) is 5.10. The van der Waals surface area contributed by atoms with Crippen LogP contribution in [0, 0.1) is 5.92 Å². The van der Waals surface area contributed by atoms with E-state index in [-0.39, 0.29) is 23.9 Å². The molecule has 1 aliphatic heterocycles. The molecule has 2 aromatic rings. The Bertz CT molecular complexity index is 1120. The lowest BCUT2D eigenvalue weighted by atomic mass is 9.77. The Labute approximate surface area is 213 Å². The van der Waals surface area contributed by atoms with E-state index in [1.54, 1.807) is 58.8 Å². The Morgan fingerprint density at radius 3 is 2.44 bits per heavy atom. The predicted molar refractivity (Wildman–Crippen MR) is 140 cm³/mol. The van der Waals surface area contributed by atoms with Crippen molar-refractivity contribution < 1.29 is 27.4 Å². The zero-order chi connectivity index (χ0) is 26.0. The van der Waals surface area contributed by atoms with Crippen molar-refractivity contribution >= 4 is 35.8 Å². The van der Waals surface area contributed by atoms with Crippen molar-refractivity contribution in [3.05, 3.63) is 53.9 Å². The van der Waals surface area contributed by atoms with Gasteiger partial charge in [-0.3, -0.25) is 9.78 Å². The number of hydrogen-bond donors (Lipinski definition) is 0. The number of alkyl halides is 3. The normalized spacial score (nSPS) is 19.5. The molecule has 6 nitrogen and oxygen atoms in total. The standard InChI is InChI=1S/C25H30F3N3O3P2/c1-15-19(13-20(15)25(27,28)36)23(32)30-11-8-17(9-12-30)31(21-14-29-10-7-22(21)33-2)16-3-5-18(6-4-16)34-24(26)35/h3-7,10,14,17,19,24H,8-9,11-13,35-36H2,1-2H3. The summed E-state index contributed by atoms with van der Waals surface area (Å²) in [4.78, 5) is 21.2. The van der Waals surface area contributed by atoms with Gasteiger partial charge >= 0.3 is 0 Å².